The Bertz CT molecular complexity index is 749. The van der Waals surface area contributed by atoms with E-state index < -0.39 is 0 Å². The highest BCUT2D eigenvalue weighted by atomic mass is 32.1. The number of nitrogens with one attached hydrogen (secondary N) is 2. The first-order valence-electron chi connectivity index (χ1n) is 6.16. The fourth-order valence-corrected chi connectivity index (χ4v) is 2.26. The number of anilines is 1. The number of hydrogen-bond acceptors (Lipinski definition) is 5. The summed E-state index contributed by atoms with van der Waals surface area (Å²) in [7, 11) is 0. The number of aromatic nitrogens is 4. The molecule has 3 aromatic heterocycles. The van der Waals surface area contributed by atoms with Crippen molar-refractivity contribution in [1.29, 1.82) is 0 Å². The van der Waals surface area contributed by atoms with Gasteiger partial charge in [0.2, 0.25) is 5.95 Å². The zero-order valence-electron chi connectivity index (χ0n) is 10.9. The summed E-state index contributed by atoms with van der Waals surface area (Å²) in [5.41, 5.74) is 1.65. The van der Waals surface area contributed by atoms with Crippen LogP contribution in [0.5, 0.6) is 0 Å². The van der Waals surface area contributed by atoms with E-state index in [1.54, 1.807) is 23.6 Å². The summed E-state index contributed by atoms with van der Waals surface area (Å²) in [6.07, 6.45) is 4.84. The highest BCUT2D eigenvalue weighted by Gasteiger charge is 2.07. The molecule has 104 valence electrons. The molecule has 3 rings (SSSR count). The van der Waals surface area contributed by atoms with Crippen LogP contribution in [0.25, 0.3) is 17.6 Å². The average molecular weight is 297 g/mol. The van der Waals surface area contributed by atoms with Crippen LogP contribution in [0.4, 0.5) is 5.95 Å². The summed E-state index contributed by atoms with van der Waals surface area (Å²) in [6, 6.07) is 7.41. The lowest BCUT2D eigenvalue weighted by atomic mass is 10.3. The van der Waals surface area contributed by atoms with Crippen molar-refractivity contribution in [2.75, 3.05) is 5.32 Å². The van der Waals surface area contributed by atoms with Crippen LogP contribution in [0.2, 0.25) is 0 Å². The second-order valence-corrected chi connectivity index (χ2v) is 4.88. The van der Waals surface area contributed by atoms with Crippen molar-refractivity contribution in [3.8, 4) is 11.5 Å². The maximum Gasteiger partial charge on any atom is 0.250 e. The summed E-state index contributed by atoms with van der Waals surface area (Å²) in [4.78, 5) is 20.1. The Kier molecular flexibility index (Phi) is 3.83. The maximum atomic E-state index is 11.7. The number of aromatic amines is 1. The molecule has 7 heteroatoms. The molecular formula is C14H11N5OS. The minimum Gasteiger partial charge on any atom is -0.290 e. The summed E-state index contributed by atoms with van der Waals surface area (Å²) in [5.74, 6) is 0.441. The molecule has 3 aromatic rings. The molecule has 0 radical (unpaired) electrons. The molecule has 0 aliphatic heterocycles. The van der Waals surface area contributed by atoms with Gasteiger partial charge in [0, 0.05) is 12.3 Å². The zero-order chi connectivity index (χ0) is 14.5. The van der Waals surface area contributed by atoms with E-state index in [0.29, 0.717) is 11.5 Å². The van der Waals surface area contributed by atoms with Crippen molar-refractivity contribution >= 4 is 29.3 Å². The molecule has 2 N–H and O–H groups in total. The molecule has 0 aliphatic carbocycles. The van der Waals surface area contributed by atoms with E-state index >= 15 is 0 Å². The van der Waals surface area contributed by atoms with E-state index in [2.05, 4.69) is 25.5 Å². The molecule has 1 amide bonds. The Balaban J connectivity index is 1.66. The smallest absolute Gasteiger partial charge is 0.250 e. The molecule has 0 aliphatic rings. The average Bonchev–Trinajstić information content (AvgIpc) is 3.17. The van der Waals surface area contributed by atoms with Crippen LogP contribution in [0.3, 0.4) is 0 Å². The van der Waals surface area contributed by atoms with Gasteiger partial charge in [0.15, 0.2) is 5.82 Å². The lowest BCUT2D eigenvalue weighted by molar-refractivity contribution is -0.111. The summed E-state index contributed by atoms with van der Waals surface area (Å²) < 4.78 is 0. The number of rotatable bonds is 4. The molecule has 21 heavy (non-hydrogen) atoms. The number of H-pyrrole nitrogens is 1. The van der Waals surface area contributed by atoms with Crippen molar-refractivity contribution in [2.45, 2.75) is 0 Å². The number of thiophene rings is 1. The van der Waals surface area contributed by atoms with Gasteiger partial charge in [-0.15, -0.1) is 5.10 Å². The summed E-state index contributed by atoms with van der Waals surface area (Å²) in [6.45, 7) is 0. The van der Waals surface area contributed by atoms with Crippen LogP contribution in [0.15, 0.2) is 47.3 Å². The normalized spacial score (nSPS) is 10.9. The minimum absolute atomic E-state index is 0.218. The summed E-state index contributed by atoms with van der Waals surface area (Å²) in [5, 5.41) is 13.2. The molecule has 0 bridgehead atoms. The first-order chi connectivity index (χ1) is 10.3. The highest BCUT2D eigenvalue weighted by molar-refractivity contribution is 7.08. The van der Waals surface area contributed by atoms with Crippen molar-refractivity contribution in [1.82, 2.24) is 20.2 Å². The van der Waals surface area contributed by atoms with Gasteiger partial charge in [-0.05, 0) is 40.6 Å². The largest absolute Gasteiger partial charge is 0.290 e. The molecule has 0 saturated heterocycles. The Morgan fingerprint density at radius 3 is 3.05 bits per heavy atom. The van der Waals surface area contributed by atoms with Gasteiger partial charge in [-0.1, -0.05) is 6.07 Å². The molecule has 0 spiro atoms. The maximum absolute atomic E-state index is 11.7. The van der Waals surface area contributed by atoms with Gasteiger partial charge in [0.05, 0.1) is 0 Å². The van der Waals surface area contributed by atoms with E-state index in [1.807, 2.05) is 35.0 Å². The second kappa shape index (κ2) is 6.10. The number of nitrogens with zero attached hydrogens (tertiary/aromatic N) is 3. The lowest BCUT2D eigenvalue weighted by Gasteiger charge is -1.94. The van der Waals surface area contributed by atoms with Crippen LogP contribution in [-0.2, 0) is 4.79 Å². The van der Waals surface area contributed by atoms with Crippen LogP contribution >= 0.6 is 11.3 Å². The van der Waals surface area contributed by atoms with Gasteiger partial charge in [-0.2, -0.15) is 16.3 Å². The quantitative estimate of drug-likeness (QED) is 0.725. The number of pyridine rings is 1. The molecule has 0 unspecified atom stereocenters. The van der Waals surface area contributed by atoms with Crippen molar-refractivity contribution in [3.63, 3.8) is 0 Å². The van der Waals surface area contributed by atoms with Crippen LogP contribution in [0, 0.1) is 0 Å². The predicted octanol–water partition coefficient (Wildman–Crippen LogP) is 2.58. The van der Waals surface area contributed by atoms with Crippen molar-refractivity contribution in [3.05, 3.63) is 52.9 Å². The molecule has 0 atom stereocenters. The minimum atomic E-state index is -0.284. The Morgan fingerprint density at radius 2 is 2.29 bits per heavy atom. The van der Waals surface area contributed by atoms with Crippen molar-refractivity contribution in [2.24, 2.45) is 0 Å². The van der Waals surface area contributed by atoms with Gasteiger partial charge >= 0.3 is 0 Å². The third-order valence-corrected chi connectivity index (χ3v) is 3.30. The van der Waals surface area contributed by atoms with E-state index in [0.717, 1.165) is 5.56 Å². The van der Waals surface area contributed by atoms with Crippen molar-refractivity contribution < 1.29 is 4.79 Å². The number of hydrogen-bond donors (Lipinski definition) is 2. The number of carbonyl (C=O) groups excluding carboxylic acids is 1. The zero-order valence-corrected chi connectivity index (χ0v) is 11.7. The second-order valence-electron chi connectivity index (χ2n) is 4.10. The van der Waals surface area contributed by atoms with Crippen LogP contribution in [-0.4, -0.2) is 26.1 Å². The van der Waals surface area contributed by atoms with Gasteiger partial charge in [-0.25, -0.2) is 0 Å². The SMILES string of the molecule is O=C(/C=C\c1ccsc1)Nc1n[nH]c(-c2ccccn2)n1. The molecule has 0 fully saturated rings. The van der Waals surface area contributed by atoms with Crippen LogP contribution < -0.4 is 5.32 Å². The Labute approximate surface area is 124 Å². The number of amides is 1. The third-order valence-electron chi connectivity index (χ3n) is 2.60. The fourth-order valence-electron chi connectivity index (χ4n) is 1.63. The Hall–Kier alpha value is -2.80. The molecule has 3 heterocycles. The summed E-state index contributed by atoms with van der Waals surface area (Å²) >= 11 is 1.58. The van der Waals surface area contributed by atoms with Gasteiger partial charge in [0.25, 0.3) is 5.91 Å². The first-order valence-corrected chi connectivity index (χ1v) is 7.10. The van der Waals surface area contributed by atoms with Gasteiger partial charge in [-0.3, -0.25) is 20.2 Å². The Morgan fingerprint density at radius 1 is 1.33 bits per heavy atom. The number of carbonyl (C=O) groups is 1. The van der Waals surface area contributed by atoms with E-state index in [9.17, 15) is 4.79 Å². The molecule has 0 saturated carbocycles. The predicted molar refractivity (Wildman–Crippen MR) is 81.6 cm³/mol. The highest BCUT2D eigenvalue weighted by Crippen LogP contribution is 2.12. The standard InChI is InChI=1S/C14H11N5OS/c20-12(5-4-10-6-8-21-9-10)16-14-17-13(18-19-14)11-3-1-2-7-15-11/h1-9H,(H2,16,17,18,19,20)/b5-4-. The van der Waals surface area contributed by atoms with Gasteiger partial charge in [0.1, 0.15) is 5.69 Å². The van der Waals surface area contributed by atoms with Crippen LogP contribution in [0.1, 0.15) is 5.56 Å². The molecular weight excluding hydrogens is 286 g/mol. The molecule has 0 aromatic carbocycles. The lowest BCUT2D eigenvalue weighted by Crippen LogP contribution is -2.09. The fraction of sp³-hybridized carbons (Fsp3) is 0. The third kappa shape index (κ3) is 3.40. The van der Waals surface area contributed by atoms with Gasteiger partial charge < -0.3 is 0 Å². The monoisotopic (exact) mass is 297 g/mol. The van der Waals surface area contributed by atoms with E-state index in [1.165, 1.54) is 6.08 Å². The van der Waals surface area contributed by atoms with E-state index in [-0.39, 0.29) is 11.9 Å². The first kappa shape index (κ1) is 13.2. The van der Waals surface area contributed by atoms with E-state index in [4.69, 9.17) is 0 Å². The topological polar surface area (TPSA) is 83.6 Å². The molecule has 6 nitrogen and oxygen atoms in total.